The second-order valence-corrected chi connectivity index (χ2v) is 12.6. The number of ether oxygens (including phenoxy) is 2. The maximum Gasteiger partial charge on any atom is 0.269 e. The molecule has 1 aliphatic carbocycles. The van der Waals surface area contributed by atoms with Gasteiger partial charge in [0.15, 0.2) is 11.5 Å². The number of aliphatic hydroxyl groups is 1. The highest BCUT2D eigenvalue weighted by Gasteiger charge is 2.52. The molecule has 0 bridgehead atoms. The molecule has 38 heavy (non-hydrogen) atoms. The molecule has 1 spiro atoms. The zero-order valence-electron chi connectivity index (χ0n) is 21.6. The third-order valence-corrected chi connectivity index (χ3v) is 10.4. The van der Waals surface area contributed by atoms with Crippen LogP contribution in [0.2, 0.25) is 0 Å². The number of hydrogen-bond acceptors (Lipinski definition) is 7. The quantitative estimate of drug-likeness (QED) is 0.405. The number of nitrogens with zero attached hydrogens (tertiary/aromatic N) is 2. The second kappa shape index (κ2) is 9.70. The molecule has 3 atom stereocenters. The van der Waals surface area contributed by atoms with Gasteiger partial charge in [0.2, 0.25) is 0 Å². The number of rotatable bonds is 8. The van der Waals surface area contributed by atoms with Gasteiger partial charge in [0.25, 0.3) is 15.9 Å². The van der Waals surface area contributed by atoms with Crippen LogP contribution in [-0.4, -0.2) is 67.6 Å². The number of amides is 1. The van der Waals surface area contributed by atoms with E-state index in [1.807, 2.05) is 12.1 Å². The van der Waals surface area contributed by atoms with Crippen molar-refractivity contribution in [2.75, 3.05) is 26.7 Å². The van der Waals surface area contributed by atoms with Crippen molar-refractivity contribution in [2.24, 2.45) is 0 Å². The molecule has 3 heterocycles. The molecule has 3 aliphatic heterocycles. The first-order valence-corrected chi connectivity index (χ1v) is 14.9. The highest BCUT2D eigenvalue weighted by molar-refractivity contribution is 7.90. The third kappa shape index (κ3) is 4.03. The summed E-state index contributed by atoms with van der Waals surface area (Å²) in [5.74, 6) is 1.15. The van der Waals surface area contributed by atoms with Gasteiger partial charge < -0.3 is 14.6 Å². The predicted molar refractivity (Wildman–Crippen MR) is 142 cm³/mol. The highest BCUT2D eigenvalue weighted by Crippen LogP contribution is 2.55. The zero-order chi connectivity index (χ0) is 26.5. The first-order valence-electron chi connectivity index (χ1n) is 13.5. The summed E-state index contributed by atoms with van der Waals surface area (Å²) in [5, 5.41) is 10.3. The van der Waals surface area contributed by atoms with Gasteiger partial charge in [0, 0.05) is 25.1 Å². The van der Waals surface area contributed by atoms with Crippen molar-refractivity contribution < 1.29 is 27.8 Å². The predicted octanol–water partition coefficient (Wildman–Crippen LogP) is 3.63. The van der Waals surface area contributed by atoms with Crippen LogP contribution in [0, 0.1) is 0 Å². The van der Waals surface area contributed by atoms with Gasteiger partial charge in [-0.05, 0) is 56.1 Å². The van der Waals surface area contributed by atoms with Crippen LogP contribution in [0.3, 0.4) is 0 Å². The van der Waals surface area contributed by atoms with Crippen LogP contribution in [-0.2, 0) is 22.0 Å². The van der Waals surface area contributed by atoms with Crippen LogP contribution in [0.15, 0.2) is 53.4 Å². The van der Waals surface area contributed by atoms with Crippen LogP contribution >= 0.6 is 0 Å². The fourth-order valence-electron chi connectivity index (χ4n) is 6.58. The molecular formula is C29H34N2O6S. The van der Waals surface area contributed by atoms with Gasteiger partial charge in [-0.15, -0.1) is 0 Å². The van der Waals surface area contributed by atoms with Gasteiger partial charge in [-0.3, -0.25) is 9.69 Å². The van der Waals surface area contributed by atoms with Crippen molar-refractivity contribution in [3.63, 3.8) is 0 Å². The number of hydrogen-bond donors (Lipinski definition) is 1. The fraction of sp³-hybridized carbons (Fsp3) is 0.483. The Hall–Kier alpha value is -2.88. The number of carbonyl (C=O) groups is 1. The highest BCUT2D eigenvalue weighted by atomic mass is 32.2. The van der Waals surface area contributed by atoms with Crippen molar-refractivity contribution >= 4 is 15.9 Å². The lowest BCUT2D eigenvalue weighted by molar-refractivity contribution is 0.0809. The molecule has 6 rings (SSSR count). The molecule has 9 heteroatoms. The van der Waals surface area contributed by atoms with E-state index in [1.165, 1.54) is 17.2 Å². The minimum Gasteiger partial charge on any atom is -0.493 e. The Morgan fingerprint density at radius 3 is 2.68 bits per heavy atom. The van der Waals surface area contributed by atoms with Crippen molar-refractivity contribution in [1.29, 1.82) is 0 Å². The molecular weight excluding hydrogens is 504 g/mol. The summed E-state index contributed by atoms with van der Waals surface area (Å²) >= 11 is 0. The molecule has 1 amide bonds. The summed E-state index contributed by atoms with van der Waals surface area (Å²) in [5.41, 5.74) is 2.50. The maximum absolute atomic E-state index is 12.7. The molecule has 2 aromatic rings. The van der Waals surface area contributed by atoms with E-state index in [2.05, 4.69) is 17.0 Å². The molecule has 2 unspecified atom stereocenters. The zero-order valence-corrected chi connectivity index (χ0v) is 22.5. The second-order valence-electron chi connectivity index (χ2n) is 10.8. The molecule has 0 aromatic heterocycles. The van der Waals surface area contributed by atoms with Crippen molar-refractivity contribution in [2.45, 2.75) is 67.6 Å². The number of fused-ring (bicyclic) bond motifs is 1. The van der Waals surface area contributed by atoms with Gasteiger partial charge in [-0.1, -0.05) is 43.2 Å². The molecule has 0 fully saturated rings. The van der Waals surface area contributed by atoms with E-state index in [-0.39, 0.29) is 28.5 Å². The molecule has 4 aliphatic rings. The molecule has 0 saturated heterocycles. The topological polar surface area (TPSA) is 96.4 Å². The van der Waals surface area contributed by atoms with Crippen LogP contribution < -0.4 is 9.47 Å². The van der Waals surface area contributed by atoms with Gasteiger partial charge in [-0.25, -0.2) is 12.7 Å². The van der Waals surface area contributed by atoms with E-state index in [0.29, 0.717) is 12.8 Å². The number of benzene rings is 2. The Bertz CT molecular complexity index is 1390. The molecule has 202 valence electrons. The van der Waals surface area contributed by atoms with Crippen LogP contribution in [0.25, 0.3) is 0 Å². The van der Waals surface area contributed by atoms with E-state index in [9.17, 15) is 18.3 Å². The van der Waals surface area contributed by atoms with E-state index in [4.69, 9.17) is 9.47 Å². The Morgan fingerprint density at radius 1 is 1.11 bits per heavy atom. The van der Waals surface area contributed by atoms with Gasteiger partial charge >= 0.3 is 0 Å². The number of sulfonamides is 1. The van der Waals surface area contributed by atoms with Crippen molar-refractivity contribution in [3.8, 4) is 11.5 Å². The molecule has 0 saturated carbocycles. The lowest BCUT2D eigenvalue weighted by Crippen LogP contribution is -2.43. The number of unbranched alkanes of at least 4 members (excludes halogenated alkanes) is 3. The molecule has 2 aromatic carbocycles. The maximum atomic E-state index is 12.7. The third-order valence-electron chi connectivity index (χ3n) is 8.53. The summed E-state index contributed by atoms with van der Waals surface area (Å²) in [6, 6.07) is 10.6. The van der Waals surface area contributed by atoms with Crippen LogP contribution in [0.1, 0.15) is 60.0 Å². The lowest BCUT2D eigenvalue weighted by Gasteiger charge is -2.35. The van der Waals surface area contributed by atoms with Gasteiger partial charge in [0.1, 0.15) is 11.0 Å². The fourth-order valence-corrected chi connectivity index (χ4v) is 8.19. The SMILES string of the molecule is COc1ccc2c3c1O[C@@H]1CC(O)C=CC31CCN(CCCCCCN1C(=O)c3ccccc3S1(=O)=O)C2. The minimum absolute atomic E-state index is 0.0942. The summed E-state index contributed by atoms with van der Waals surface area (Å²) < 4.78 is 38.5. The smallest absolute Gasteiger partial charge is 0.269 e. The normalized spacial score (nSPS) is 26.9. The standard InChI is InChI=1S/C29H34N2O6S/c1-36-23-11-10-20-19-30(17-14-29-13-12-21(32)18-25(29)37-27(23)26(20)29)15-6-2-3-7-16-31-28(33)22-8-4-5-9-24(22)38(31,34)35/h4-5,8-13,21,25,32H,2-3,6-7,14-19H2,1H3/t21?,25-,29?/m1/s1. The summed E-state index contributed by atoms with van der Waals surface area (Å²) in [4.78, 5) is 15.2. The first kappa shape index (κ1) is 25.4. The van der Waals surface area contributed by atoms with Gasteiger partial charge in [0.05, 0.1) is 24.2 Å². The van der Waals surface area contributed by atoms with E-state index >= 15 is 0 Å². The summed E-state index contributed by atoms with van der Waals surface area (Å²) in [6.07, 6.45) is 8.47. The van der Waals surface area contributed by atoms with Crippen LogP contribution in [0.4, 0.5) is 0 Å². The first-order chi connectivity index (χ1) is 18.3. The Morgan fingerprint density at radius 2 is 1.89 bits per heavy atom. The largest absolute Gasteiger partial charge is 0.493 e. The Labute approximate surface area is 223 Å². The van der Waals surface area contributed by atoms with E-state index in [0.717, 1.165) is 61.1 Å². The Balaban J connectivity index is 1.06. The average Bonchev–Trinajstić information content (AvgIpc) is 3.26. The molecule has 1 N–H and O–H groups in total. The van der Waals surface area contributed by atoms with Gasteiger partial charge in [-0.2, -0.15) is 0 Å². The van der Waals surface area contributed by atoms with E-state index < -0.39 is 22.0 Å². The monoisotopic (exact) mass is 538 g/mol. The van der Waals surface area contributed by atoms with Crippen molar-refractivity contribution in [3.05, 3.63) is 65.2 Å². The lowest BCUT2D eigenvalue weighted by atomic mass is 9.69. The number of carbonyl (C=O) groups excluding carboxylic acids is 1. The number of aliphatic hydroxyl groups excluding tert-OH is 1. The van der Waals surface area contributed by atoms with E-state index in [1.54, 1.807) is 25.3 Å². The Kier molecular flexibility index (Phi) is 6.48. The number of methoxy groups -OCH3 is 1. The average molecular weight is 539 g/mol. The summed E-state index contributed by atoms with van der Waals surface area (Å²) in [6.45, 7) is 2.93. The summed E-state index contributed by atoms with van der Waals surface area (Å²) in [7, 11) is -2.06. The van der Waals surface area contributed by atoms with Crippen LogP contribution in [0.5, 0.6) is 11.5 Å². The minimum atomic E-state index is -3.72. The molecule has 8 nitrogen and oxygen atoms in total. The molecule has 0 radical (unpaired) electrons. The van der Waals surface area contributed by atoms with Crippen molar-refractivity contribution in [1.82, 2.24) is 9.21 Å².